The molecule has 0 bridgehead atoms. The SMILES string of the molecule is O=C(Nc1cc(Cl)ccc1C(=O)N1CCCC1)c1cccs1. The van der Waals surface area contributed by atoms with Crippen molar-refractivity contribution in [3.05, 3.63) is 51.2 Å². The fourth-order valence-electron chi connectivity index (χ4n) is 2.49. The summed E-state index contributed by atoms with van der Waals surface area (Å²) in [5.74, 6) is -0.289. The Kier molecular flexibility index (Phi) is 4.45. The number of likely N-dealkylation sites (tertiary alicyclic amines) is 1. The van der Waals surface area contributed by atoms with E-state index in [0.717, 1.165) is 25.9 Å². The molecule has 1 fully saturated rings. The van der Waals surface area contributed by atoms with Crippen molar-refractivity contribution in [1.82, 2.24) is 4.90 Å². The summed E-state index contributed by atoms with van der Waals surface area (Å²) in [5, 5.41) is 5.12. The number of thiophene rings is 1. The van der Waals surface area contributed by atoms with Crippen molar-refractivity contribution in [3.63, 3.8) is 0 Å². The van der Waals surface area contributed by atoms with Crippen LogP contribution >= 0.6 is 22.9 Å². The maximum Gasteiger partial charge on any atom is 0.265 e. The number of benzene rings is 1. The summed E-state index contributed by atoms with van der Waals surface area (Å²) in [6.45, 7) is 1.53. The monoisotopic (exact) mass is 334 g/mol. The van der Waals surface area contributed by atoms with Crippen molar-refractivity contribution < 1.29 is 9.59 Å². The summed E-state index contributed by atoms with van der Waals surface area (Å²) in [5.41, 5.74) is 0.944. The van der Waals surface area contributed by atoms with Crippen molar-refractivity contribution in [2.75, 3.05) is 18.4 Å². The zero-order chi connectivity index (χ0) is 15.5. The number of anilines is 1. The second kappa shape index (κ2) is 6.50. The predicted molar refractivity (Wildman–Crippen MR) is 88.9 cm³/mol. The standard InChI is InChI=1S/C16H15ClN2O2S/c17-11-5-6-12(16(21)19-7-1-2-8-19)13(10-11)18-15(20)14-4-3-9-22-14/h3-6,9-10H,1-2,7-8H2,(H,18,20). The van der Waals surface area contributed by atoms with Crippen LogP contribution in [0.3, 0.4) is 0 Å². The third kappa shape index (κ3) is 3.15. The first-order valence-electron chi connectivity index (χ1n) is 7.09. The number of nitrogens with zero attached hydrogens (tertiary/aromatic N) is 1. The molecule has 0 aliphatic carbocycles. The Morgan fingerprint density at radius 1 is 1.18 bits per heavy atom. The fourth-order valence-corrected chi connectivity index (χ4v) is 3.28. The molecule has 0 saturated carbocycles. The molecule has 1 aliphatic heterocycles. The fraction of sp³-hybridized carbons (Fsp3) is 0.250. The van der Waals surface area contributed by atoms with Gasteiger partial charge in [0.25, 0.3) is 11.8 Å². The first-order valence-corrected chi connectivity index (χ1v) is 8.34. The van der Waals surface area contributed by atoms with Gasteiger partial charge in [-0.15, -0.1) is 11.3 Å². The normalized spacial score (nSPS) is 14.1. The molecule has 114 valence electrons. The summed E-state index contributed by atoms with van der Waals surface area (Å²) in [7, 11) is 0. The Morgan fingerprint density at radius 2 is 1.95 bits per heavy atom. The summed E-state index contributed by atoms with van der Waals surface area (Å²) >= 11 is 7.37. The maximum atomic E-state index is 12.6. The zero-order valence-electron chi connectivity index (χ0n) is 11.8. The highest BCUT2D eigenvalue weighted by Crippen LogP contribution is 2.25. The quantitative estimate of drug-likeness (QED) is 0.925. The van der Waals surface area contributed by atoms with E-state index in [1.807, 2.05) is 16.3 Å². The minimum absolute atomic E-state index is 0.0596. The molecule has 4 nitrogen and oxygen atoms in total. The van der Waals surface area contributed by atoms with E-state index >= 15 is 0 Å². The molecule has 3 rings (SSSR count). The first kappa shape index (κ1) is 15.1. The van der Waals surface area contributed by atoms with Crippen LogP contribution in [0, 0.1) is 0 Å². The van der Waals surface area contributed by atoms with Gasteiger partial charge < -0.3 is 10.2 Å². The molecule has 1 saturated heterocycles. The topological polar surface area (TPSA) is 49.4 Å². The molecule has 2 amide bonds. The van der Waals surface area contributed by atoms with Gasteiger partial charge in [-0.25, -0.2) is 0 Å². The van der Waals surface area contributed by atoms with Gasteiger partial charge in [0.1, 0.15) is 0 Å². The van der Waals surface area contributed by atoms with E-state index in [9.17, 15) is 9.59 Å². The lowest BCUT2D eigenvalue weighted by Crippen LogP contribution is -2.28. The average molecular weight is 335 g/mol. The van der Waals surface area contributed by atoms with Crippen LogP contribution in [0.15, 0.2) is 35.7 Å². The largest absolute Gasteiger partial charge is 0.339 e. The predicted octanol–water partition coefficient (Wildman–Crippen LogP) is 3.89. The third-order valence-corrected chi connectivity index (χ3v) is 4.70. The van der Waals surface area contributed by atoms with E-state index in [-0.39, 0.29) is 11.8 Å². The highest BCUT2D eigenvalue weighted by molar-refractivity contribution is 7.12. The number of hydrogen-bond donors (Lipinski definition) is 1. The summed E-state index contributed by atoms with van der Waals surface area (Å²) in [6, 6.07) is 8.52. The van der Waals surface area contributed by atoms with Crippen molar-refractivity contribution >= 4 is 40.4 Å². The maximum absolute atomic E-state index is 12.6. The molecule has 6 heteroatoms. The number of halogens is 1. The first-order chi connectivity index (χ1) is 10.6. The molecule has 0 atom stereocenters. The lowest BCUT2D eigenvalue weighted by molar-refractivity contribution is 0.0794. The van der Waals surface area contributed by atoms with Gasteiger partial charge in [0.05, 0.1) is 16.1 Å². The smallest absolute Gasteiger partial charge is 0.265 e. The summed E-state index contributed by atoms with van der Waals surface area (Å²) < 4.78 is 0. The molecule has 1 N–H and O–H groups in total. The van der Waals surface area contributed by atoms with Crippen LogP contribution in [0.5, 0.6) is 0 Å². The average Bonchev–Trinajstić information content (AvgIpc) is 3.20. The van der Waals surface area contributed by atoms with Crippen LogP contribution in [0.4, 0.5) is 5.69 Å². The summed E-state index contributed by atoms with van der Waals surface area (Å²) in [4.78, 5) is 27.2. The molecule has 2 heterocycles. The van der Waals surface area contributed by atoms with Gasteiger partial charge in [0.15, 0.2) is 0 Å². The van der Waals surface area contributed by atoms with Gasteiger partial charge in [-0.3, -0.25) is 9.59 Å². The highest BCUT2D eigenvalue weighted by atomic mass is 35.5. The molecule has 1 aliphatic rings. The summed E-state index contributed by atoms with van der Waals surface area (Å²) in [6.07, 6.45) is 2.05. The minimum Gasteiger partial charge on any atom is -0.339 e. The minimum atomic E-state index is -0.229. The Labute approximate surface area is 137 Å². The number of carbonyl (C=O) groups excluding carboxylic acids is 2. The van der Waals surface area contributed by atoms with E-state index in [2.05, 4.69) is 5.32 Å². The van der Waals surface area contributed by atoms with E-state index in [1.165, 1.54) is 11.3 Å². The number of carbonyl (C=O) groups is 2. The van der Waals surface area contributed by atoms with Crippen LogP contribution in [0.2, 0.25) is 5.02 Å². The number of hydrogen-bond acceptors (Lipinski definition) is 3. The van der Waals surface area contributed by atoms with Crippen molar-refractivity contribution in [2.45, 2.75) is 12.8 Å². The lowest BCUT2D eigenvalue weighted by atomic mass is 10.1. The molecule has 0 radical (unpaired) electrons. The molecule has 22 heavy (non-hydrogen) atoms. The molecule has 0 unspecified atom stereocenters. The lowest BCUT2D eigenvalue weighted by Gasteiger charge is -2.18. The van der Waals surface area contributed by atoms with Crippen LogP contribution in [-0.4, -0.2) is 29.8 Å². The second-order valence-corrected chi connectivity index (χ2v) is 6.50. The number of amides is 2. The molecule has 1 aromatic carbocycles. The van der Waals surface area contributed by atoms with E-state index in [4.69, 9.17) is 11.6 Å². The van der Waals surface area contributed by atoms with Crippen molar-refractivity contribution in [3.8, 4) is 0 Å². The second-order valence-electron chi connectivity index (χ2n) is 5.12. The molecular formula is C16H15ClN2O2S. The van der Waals surface area contributed by atoms with E-state index < -0.39 is 0 Å². The zero-order valence-corrected chi connectivity index (χ0v) is 13.4. The van der Waals surface area contributed by atoms with Gasteiger partial charge in [-0.2, -0.15) is 0 Å². The van der Waals surface area contributed by atoms with E-state index in [0.29, 0.717) is 21.2 Å². The Hall–Kier alpha value is -1.85. The van der Waals surface area contributed by atoms with Crippen LogP contribution < -0.4 is 5.32 Å². The Morgan fingerprint density at radius 3 is 2.64 bits per heavy atom. The van der Waals surface area contributed by atoms with Gasteiger partial charge in [-0.1, -0.05) is 17.7 Å². The highest BCUT2D eigenvalue weighted by Gasteiger charge is 2.23. The van der Waals surface area contributed by atoms with Gasteiger partial charge in [0, 0.05) is 18.1 Å². The van der Waals surface area contributed by atoms with Crippen molar-refractivity contribution in [1.29, 1.82) is 0 Å². The molecule has 0 spiro atoms. The molecule has 1 aromatic heterocycles. The van der Waals surface area contributed by atoms with Crippen LogP contribution in [0.1, 0.15) is 32.9 Å². The van der Waals surface area contributed by atoms with Gasteiger partial charge in [-0.05, 0) is 42.5 Å². The van der Waals surface area contributed by atoms with Crippen LogP contribution in [-0.2, 0) is 0 Å². The number of nitrogens with one attached hydrogen (secondary N) is 1. The third-order valence-electron chi connectivity index (χ3n) is 3.60. The molecule has 2 aromatic rings. The Balaban J connectivity index is 1.87. The van der Waals surface area contributed by atoms with Gasteiger partial charge in [0.2, 0.25) is 0 Å². The van der Waals surface area contributed by atoms with Crippen molar-refractivity contribution in [2.24, 2.45) is 0 Å². The molecular weight excluding hydrogens is 320 g/mol. The van der Waals surface area contributed by atoms with Crippen LogP contribution in [0.25, 0.3) is 0 Å². The number of rotatable bonds is 3. The van der Waals surface area contributed by atoms with E-state index in [1.54, 1.807) is 24.3 Å². The Bertz CT molecular complexity index is 694. The van der Waals surface area contributed by atoms with Gasteiger partial charge >= 0.3 is 0 Å².